The standard InChI is InChI=1S/C42H42/c1-9-27-18-19-31-37(23-27)42(7,8)38-24-28(10-2)22-34(40(31)38)33-21-25(3)32(20-26(33)4)29-15-13-17-36-39(29)30-14-11-12-16-35(30)41(36,5)6/h11-24H,9-10H2,1-8H3. The SMILES string of the molecule is CCc1ccc2c(c1)C(C)(C)c1cc(CC)cc(-c3cc(C)c(-c4cccc5c4-c4ccccc4C5(C)C)cc3C)c1-2. The van der Waals surface area contributed by atoms with Crippen molar-refractivity contribution in [3.05, 3.63) is 129 Å². The molecule has 0 unspecified atom stereocenters. The predicted octanol–water partition coefficient (Wildman–Crippen LogP) is 11.4. The van der Waals surface area contributed by atoms with Gasteiger partial charge in [-0.15, -0.1) is 0 Å². The molecule has 5 aromatic rings. The summed E-state index contributed by atoms with van der Waals surface area (Å²) in [6.45, 7) is 18.7. The zero-order valence-corrected chi connectivity index (χ0v) is 26.5. The topological polar surface area (TPSA) is 0 Å². The molecule has 210 valence electrons. The Bertz CT molecular complexity index is 1910. The zero-order valence-electron chi connectivity index (χ0n) is 26.5. The Labute approximate surface area is 252 Å². The molecular weight excluding hydrogens is 504 g/mol. The highest BCUT2D eigenvalue weighted by Crippen LogP contribution is 2.55. The van der Waals surface area contributed by atoms with Crippen LogP contribution in [0.15, 0.2) is 84.9 Å². The highest BCUT2D eigenvalue weighted by atomic mass is 14.4. The normalized spacial score (nSPS) is 15.2. The van der Waals surface area contributed by atoms with Crippen molar-refractivity contribution in [1.82, 2.24) is 0 Å². The van der Waals surface area contributed by atoms with Gasteiger partial charge < -0.3 is 0 Å². The fourth-order valence-electron chi connectivity index (χ4n) is 7.97. The molecule has 42 heavy (non-hydrogen) atoms. The van der Waals surface area contributed by atoms with Crippen LogP contribution in [0.25, 0.3) is 44.5 Å². The zero-order chi connectivity index (χ0) is 29.6. The van der Waals surface area contributed by atoms with E-state index in [9.17, 15) is 0 Å². The minimum atomic E-state index is -0.0105. The van der Waals surface area contributed by atoms with Crippen LogP contribution in [0.2, 0.25) is 0 Å². The summed E-state index contributed by atoms with van der Waals surface area (Å²) in [4.78, 5) is 0. The van der Waals surface area contributed by atoms with Gasteiger partial charge in [0.1, 0.15) is 0 Å². The maximum atomic E-state index is 2.48. The van der Waals surface area contributed by atoms with Crippen molar-refractivity contribution >= 4 is 0 Å². The number of hydrogen-bond acceptors (Lipinski definition) is 0. The molecule has 0 bridgehead atoms. The lowest BCUT2D eigenvalue weighted by molar-refractivity contribution is 0.658. The fourth-order valence-corrected chi connectivity index (χ4v) is 7.97. The van der Waals surface area contributed by atoms with Crippen LogP contribution in [0.1, 0.15) is 86.1 Å². The first-order chi connectivity index (χ1) is 20.1. The third kappa shape index (κ3) is 3.67. The van der Waals surface area contributed by atoms with E-state index >= 15 is 0 Å². The summed E-state index contributed by atoms with van der Waals surface area (Å²) in [5.74, 6) is 0. The number of fused-ring (bicyclic) bond motifs is 6. The lowest BCUT2D eigenvalue weighted by Crippen LogP contribution is -2.15. The molecule has 2 aliphatic carbocycles. The summed E-state index contributed by atoms with van der Waals surface area (Å²) in [6.07, 6.45) is 2.10. The molecule has 0 spiro atoms. The van der Waals surface area contributed by atoms with Crippen LogP contribution in [0.3, 0.4) is 0 Å². The van der Waals surface area contributed by atoms with E-state index in [1.165, 1.54) is 89.0 Å². The van der Waals surface area contributed by atoms with Crippen LogP contribution in [0, 0.1) is 13.8 Å². The van der Waals surface area contributed by atoms with E-state index in [4.69, 9.17) is 0 Å². The van der Waals surface area contributed by atoms with E-state index in [1.54, 1.807) is 0 Å². The Kier molecular flexibility index (Phi) is 5.97. The first-order valence-electron chi connectivity index (χ1n) is 15.7. The first kappa shape index (κ1) is 27.0. The predicted molar refractivity (Wildman–Crippen MR) is 181 cm³/mol. The Balaban J connectivity index is 1.45. The molecular formula is C42H42. The molecule has 0 atom stereocenters. The molecule has 0 heterocycles. The molecule has 0 amide bonds. The fraction of sp³-hybridized carbons (Fsp3) is 0.286. The average molecular weight is 547 g/mol. The monoisotopic (exact) mass is 546 g/mol. The van der Waals surface area contributed by atoms with Crippen molar-refractivity contribution in [3.63, 3.8) is 0 Å². The number of hydrogen-bond donors (Lipinski definition) is 0. The van der Waals surface area contributed by atoms with Crippen molar-refractivity contribution in [3.8, 4) is 44.5 Å². The van der Waals surface area contributed by atoms with Crippen LogP contribution in [-0.4, -0.2) is 0 Å². The van der Waals surface area contributed by atoms with Crippen LogP contribution in [-0.2, 0) is 23.7 Å². The second-order valence-electron chi connectivity index (χ2n) is 13.7. The van der Waals surface area contributed by atoms with Crippen molar-refractivity contribution < 1.29 is 0 Å². The van der Waals surface area contributed by atoms with Crippen LogP contribution >= 0.6 is 0 Å². The molecule has 0 fully saturated rings. The van der Waals surface area contributed by atoms with Gasteiger partial charge in [-0.1, -0.05) is 126 Å². The van der Waals surface area contributed by atoms with Crippen LogP contribution in [0.5, 0.6) is 0 Å². The van der Waals surface area contributed by atoms with Gasteiger partial charge in [0.05, 0.1) is 0 Å². The quantitative estimate of drug-likeness (QED) is 0.210. The molecule has 2 aliphatic rings. The number of rotatable bonds is 4. The van der Waals surface area contributed by atoms with Crippen LogP contribution < -0.4 is 0 Å². The summed E-state index contributed by atoms with van der Waals surface area (Å²) in [7, 11) is 0. The second-order valence-corrected chi connectivity index (χ2v) is 13.7. The Morgan fingerprint density at radius 3 is 1.69 bits per heavy atom. The van der Waals surface area contributed by atoms with Gasteiger partial charge in [0.15, 0.2) is 0 Å². The average Bonchev–Trinajstić information content (AvgIpc) is 3.37. The smallest absolute Gasteiger partial charge is 0.0159 e. The van der Waals surface area contributed by atoms with Crippen molar-refractivity contribution in [1.29, 1.82) is 0 Å². The van der Waals surface area contributed by atoms with Gasteiger partial charge >= 0.3 is 0 Å². The second kappa shape index (κ2) is 9.30. The number of aryl methyl sites for hydroxylation is 4. The molecule has 0 saturated carbocycles. The molecule has 0 heteroatoms. The van der Waals surface area contributed by atoms with Gasteiger partial charge in [-0.3, -0.25) is 0 Å². The molecule has 0 nitrogen and oxygen atoms in total. The summed E-state index contributed by atoms with van der Waals surface area (Å²) in [6, 6.07) is 33.0. The number of benzene rings is 5. The molecule has 5 aromatic carbocycles. The van der Waals surface area contributed by atoms with E-state index < -0.39 is 0 Å². The van der Waals surface area contributed by atoms with E-state index in [0.29, 0.717) is 0 Å². The largest absolute Gasteiger partial charge is 0.0619 e. The van der Waals surface area contributed by atoms with Gasteiger partial charge in [0.2, 0.25) is 0 Å². The van der Waals surface area contributed by atoms with Gasteiger partial charge in [0, 0.05) is 10.8 Å². The summed E-state index contributed by atoms with van der Waals surface area (Å²) in [5, 5.41) is 0. The molecule has 0 radical (unpaired) electrons. The Hall–Kier alpha value is -3.90. The lowest BCUT2D eigenvalue weighted by Gasteiger charge is -2.24. The molecule has 7 rings (SSSR count). The highest BCUT2D eigenvalue weighted by molar-refractivity contribution is 5.97. The van der Waals surface area contributed by atoms with E-state index in [0.717, 1.165) is 12.8 Å². The van der Waals surface area contributed by atoms with Gasteiger partial charge in [-0.25, -0.2) is 0 Å². The third-order valence-electron chi connectivity index (χ3n) is 10.5. The maximum absolute atomic E-state index is 2.48. The minimum absolute atomic E-state index is 0.00378. The van der Waals surface area contributed by atoms with Crippen molar-refractivity contribution in [2.75, 3.05) is 0 Å². The van der Waals surface area contributed by atoms with E-state index in [2.05, 4.69) is 140 Å². The summed E-state index contributed by atoms with van der Waals surface area (Å²) in [5.41, 5.74) is 22.4. The van der Waals surface area contributed by atoms with Gasteiger partial charge in [0.25, 0.3) is 0 Å². The summed E-state index contributed by atoms with van der Waals surface area (Å²) < 4.78 is 0. The Morgan fingerprint density at radius 2 is 0.976 bits per heavy atom. The van der Waals surface area contributed by atoms with Crippen molar-refractivity contribution in [2.45, 2.75) is 79.1 Å². The lowest BCUT2D eigenvalue weighted by atomic mass is 9.80. The first-order valence-corrected chi connectivity index (χ1v) is 15.7. The van der Waals surface area contributed by atoms with E-state index in [-0.39, 0.29) is 10.8 Å². The van der Waals surface area contributed by atoms with Crippen molar-refractivity contribution in [2.24, 2.45) is 0 Å². The molecule has 0 N–H and O–H groups in total. The summed E-state index contributed by atoms with van der Waals surface area (Å²) >= 11 is 0. The minimum Gasteiger partial charge on any atom is -0.0619 e. The molecule has 0 aromatic heterocycles. The maximum Gasteiger partial charge on any atom is 0.0159 e. The molecule has 0 aliphatic heterocycles. The Morgan fingerprint density at radius 1 is 0.429 bits per heavy atom. The molecule has 0 saturated heterocycles. The van der Waals surface area contributed by atoms with Gasteiger partial charge in [-0.05, 0) is 116 Å². The highest BCUT2D eigenvalue weighted by Gasteiger charge is 2.39. The van der Waals surface area contributed by atoms with E-state index in [1.807, 2.05) is 0 Å². The third-order valence-corrected chi connectivity index (χ3v) is 10.5. The van der Waals surface area contributed by atoms with Crippen LogP contribution in [0.4, 0.5) is 0 Å². The van der Waals surface area contributed by atoms with Gasteiger partial charge in [-0.2, -0.15) is 0 Å².